The first kappa shape index (κ1) is 21.6. The standard InChI is InChI=1S/C28H37N3O/c1-21-22(20-30-17-14-28(2,15-18-30)23-9-5-3-6-10-23)19-25-26(29-21)13-16-31(27(25)32)24-11-7-4-8-12-24/h3,5-6,9-10,19,24H,4,7-8,11-18,20H2,1-2H3. The Bertz CT molecular complexity index is 956. The van der Waals surface area contributed by atoms with E-state index in [9.17, 15) is 4.79 Å². The van der Waals surface area contributed by atoms with Gasteiger partial charge in [-0.1, -0.05) is 56.5 Å². The molecule has 1 aliphatic carbocycles. The monoisotopic (exact) mass is 431 g/mol. The van der Waals surface area contributed by atoms with E-state index in [0.717, 1.165) is 49.6 Å². The Morgan fingerprint density at radius 3 is 2.47 bits per heavy atom. The van der Waals surface area contributed by atoms with Crippen LogP contribution in [-0.4, -0.2) is 46.4 Å². The molecule has 1 aromatic carbocycles. The van der Waals surface area contributed by atoms with Crippen LogP contribution < -0.4 is 0 Å². The predicted octanol–water partition coefficient (Wildman–Crippen LogP) is 5.27. The molecule has 170 valence electrons. The van der Waals surface area contributed by atoms with E-state index >= 15 is 0 Å². The van der Waals surface area contributed by atoms with Crippen LogP contribution in [0.4, 0.5) is 0 Å². The topological polar surface area (TPSA) is 36.4 Å². The second kappa shape index (κ2) is 8.97. The highest BCUT2D eigenvalue weighted by molar-refractivity contribution is 5.96. The summed E-state index contributed by atoms with van der Waals surface area (Å²) >= 11 is 0. The Kier molecular flexibility index (Phi) is 6.07. The van der Waals surface area contributed by atoms with Crippen LogP contribution in [-0.2, 0) is 18.4 Å². The van der Waals surface area contributed by atoms with Crippen molar-refractivity contribution in [2.45, 2.75) is 83.2 Å². The van der Waals surface area contributed by atoms with Gasteiger partial charge in [-0.05, 0) is 68.3 Å². The number of carbonyl (C=O) groups excluding carboxylic acids is 1. The number of amides is 1. The molecule has 1 aromatic heterocycles. The number of rotatable bonds is 4. The summed E-state index contributed by atoms with van der Waals surface area (Å²) in [7, 11) is 0. The maximum atomic E-state index is 13.4. The van der Waals surface area contributed by atoms with Gasteiger partial charge in [-0.2, -0.15) is 0 Å². The Morgan fingerprint density at radius 2 is 1.75 bits per heavy atom. The Morgan fingerprint density at radius 1 is 1.03 bits per heavy atom. The van der Waals surface area contributed by atoms with Crippen LogP contribution in [0.3, 0.4) is 0 Å². The number of hydrogen-bond acceptors (Lipinski definition) is 3. The molecule has 1 saturated heterocycles. The average molecular weight is 432 g/mol. The molecule has 2 aromatic rings. The molecule has 4 nitrogen and oxygen atoms in total. The SMILES string of the molecule is Cc1nc2c(cc1CN1CCC(C)(c3ccccc3)CC1)C(=O)N(C1CCCCC1)CC2. The summed E-state index contributed by atoms with van der Waals surface area (Å²) in [6.45, 7) is 8.43. The molecule has 5 rings (SSSR count). The molecule has 0 radical (unpaired) electrons. The second-order valence-electron chi connectivity index (χ2n) is 10.5. The van der Waals surface area contributed by atoms with E-state index in [-0.39, 0.29) is 11.3 Å². The van der Waals surface area contributed by atoms with E-state index in [1.165, 1.54) is 56.1 Å². The third-order valence-corrected chi connectivity index (χ3v) is 8.32. The van der Waals surface area contributed by atoms with Crippen LogP contribution in [0.2, 0.25) is 0 Å². The Labute approximate surface area is 193 Å². The second-order valence-corrected chi connectivity index (χ2v) is 10.5. The minimum Gasteiger partial charge on any atom is -0.335 e. The summed E-state index contributed by atoms with van der Waals surface area (Å²) in [4.78, 5) is 23.0. The molecule has 0 bridgehead atoms. The fourth-order valence-corrected chi connectivity index (χ4v) is 6.03. The molecule has 1 amide bonds. The van der Waals surface area contributed by atoms with Crippen LogP contribution in [0.5, 0.6) is 0 Å². The quantitative estimate of drug-likeness (QED) is 0.661. The lowest BCUT2D eigenvalue weighted by atomic mass is 9.74. The van der Waals surface area contributed by atoms with Gasteiger partial charge in [-0.15, -0.1) is 0 Å². The fraction of sp³-hybridized carbons (Fsp3) is 0.571. The molecule has 2 fully saturated rings. The molecule has 0 atom stereocenters. The Balaban J connectivity index is 1.28. The predicted molar refractivity (Wildman–Crippen MR) is 129 cm³/mol. The molecular weight excluding hydrogens is 394 g/mol. The molecule has 3 heterocycles. The summed E-state index contributed by atoms with van der Waals surface area (Å²) in [5.74, 6) is 0.224. The zero-order valence-corrected chi connectivity index (χ0v) is 19.8. The summed E-state index contributed by atoms with van der Waals surface area (Å²) in [6, 6.07) is 13.6. The summed E-state index contributed by atoms with van der Waals surface area (Å²) < 4.78 is 0. The normalized spacial score (nSPS) is 22.1. The van der Waals surface area contributed by atoms with Crippen LogP contribution in [0.15, 0.2) is 36.4 Å². The van der Waals surface area contributed by atoms with Crippen molar-refractivity contribution >= 4 is 5.91 Å². The molecule has 32 heavy (non-hydrogen) atoms. The molecule has 0 spiro atoms. The fourth-order valence-electron chi connectivity index (χ4n) is 6.03. The third kappa shape index (κ3) is 4.22. The van der Waals surface area contributed by atoms with Crippen molar-refractivity contribution in [3.05, 3.63) is 64.5 Å². The first-order valence-electron chi connectivity index (χ1n) is 12.6. The summed E-state index contributed by atoms with van der Waals surface area (Å²) in [5.41, 5.74) is 5.92. The number of fused-ring (bicyclic) bond motifs is 1. The maximum Gasteiger partial charge on any atom is 0.255 e. The zero-order valence-electron chi connectivity index (χ0n) is 19.8. The van der Waals surface area contributed by atoms with Gasteiger partial charge in [-0.25, -0.2) is 0 Å². The zero-order chi connectivity index (χ0) is 22.1. The summed E-state index contributed by atoms with van der Waals surface area (Å²) in [5, 5.41) is 0. The highest BCUT2D eigenvalue weighted by Crippen LogP contribution is 2.35. The number of likely N-dealkylation sites (tertiary alicyclic amines) is 1. The number of carbonyl (C=O) groups is 1. The van der Waals surface area contributed by atoms with E-state index in [4.69, 9.17) is 4.98 Å². The minimum absolute atomic E-state index is 0.224. The molecule has 4 heteroatoms. The van der Waals surface area contributed by atoms with Crippen molar-refractivity contribution in [3.8, 4) is 0 Å². The highest BCUT2D eigenvalue weighted by Gasteiger charge is 2.34. The molecule has 1 saturated carbocycles. The maximum absolute atomic E-state index is 13.4. The average Bonchev–Trinajstić information content (AvgIpc) is 2.83. The van der Waals surface area contributed by atoms with Gasteiger partial charge in [0.05, 0.1) is 11.3 Å². The lowest BCUT2D eigenvalue weighted by Crippen LogP contribution is -2.46. The van der Waals surface area contributed by atoms with E-state index in [2.05, 4.69) is 60.0 Å². The van der Waals surface area contributed by atoms with Crippen molar-refractivity contribution in [2.75, 3.05) is 19.6 Å². The van der Waals surface area contributed by atoms with Gasteiger partial charge in [0.25, 0.3) is 5.91 Å². The Hall–Kier alpha value is -2.20. The number of aromatic nitrogens is 1. The van der Waals surface area contributed by atoms with Crippen molar-refractivity contribution in [2.24, 2.45) is 0 Å². The van der Waals surface area contributed by atoms with Crippen molar-refractivity contribution in [3.63, 3.8) is 0 Å². The summed E-state index contributed by atoms with van der Waals surface area (Å²) in [6.07, 6.45) is 9.41. The van der Waals surface area contributed by atoms with E-state index in [1.807, 2.05) is 0 Å². The van der Waals surface area contributed by atoms with E-state index in [0.29, 0.717) is 6.04 Å². The van der Waals surface area contributed by atoms with Crippen LogP contribution in [0.25, 0.3) is 0 Å². The van der Waals surface area contributed by atoms with Crippen molar-refractivity contribution < 1.29 is 4.79 Å². The first-order valence-corrected chi connectivity index (χ1v) is 12.6. The van der Waals surface area contributed by atoms with Crippen LogP contribution >= 0.6 is 0 Å². The number of nitrogens with zero attached hydrogens (tertiary/aromatic N) is 3. The number of piperidine rings is 1. The lowest BCUT2D eigenvalue weighted by Gasteiger charge is -2.40. The number of pyridine rings is 1. The molecule has 3 aliphatic rings. The van der Waals surface area contributed by atoms with Gasteiger partial charge < -0.3 is 4.90 Å². The molecule has 2 aliphatic heterocycles. The van der Waals surface area contributed by atoms with Gasteiger partial charge in [-0.3, -0.25) is 14.7 Å². The van der Waals surface area contributed by atoms with Gasteiger partial charge in [0, 0.05) is 31.2 Å². The van der Waals surface area contributed by atoms with Crippen molar-refractivity contribution in [1.82, 2.24) is 14.8 Å². The van der Waals surface area contributed by atoms with Gasteiger partial charge >= 0.3 is 0 Å². The van der Waals surface area contributed by atoms with Gasteiger partial charge in [0.1, 0.15) is 0 Å². The largest absolute Gasteiger partial charge is 0.335 e. The van der Waals surface area contributed by atoms with E-state index in [1.54, 1.807) is 0 Å². The number of aryl methyl sites for hydroxylation is 1. The molecular formula is C28H37N3O. The lowest BCUT2D eigenvalue weighted by molar-refractivity contribution is 0.0612. The smallest absolute Gasteiger partial charge is 0.255 e. The molecule has 0 N–H and O–H groups in total. The molecule has 0 unspecified atom stereocenters. The van der Waals surface area contributed by atoms with Crippen LogP contribution in [0, 0.1) is 6.92 Å². The number of benzene rings is 1. The number of hydrogen-bond donors (Lipinski definition) is 0. The van der Waals surface area contributed by atoms with Gasteiger partial charge in [0.15, 0.2) is 0 Å². The van der Waals surface area contributed by atoms with Crippen LogP contribution in [0.1, 0.15) is 84.7 Å². The third-order valence-electron chi connectivity index (χ3n) is 8.32. The highest BCUT2D eigenvalue weighted by atomic mass is 16.2. The first-order chi connectivity index (χ1) is 15.5. The van der Waals surface area contributed by atoms with Crippen molar-refractivity contribution in [1.29, 1.82) is 0 Å². The van der Waals surface area contributed by atoms with Gasteiger partial charge in [0.2, 0.25) is 0 Å². The van der Waals surface area contributed by atoms with E-state index < -0.39 is 0 Å². The minimum atomic E-state index is 0.224.